The van der Waals surface area contributed by atoms with Gasteiger partial charge in [-0.1, -0.05) is 23.8 Å². The molecule has 4 heteroatoms. The van der Waals surface area contributed by atoms with Gasteiger partial charge in [-0.05, 0) is 31.5 Å². The van der Waals surface area contributed by atoms with Gasteiger partial charge in [0.25, 0.3) is 0 Å². The summed E-state index contributed by atoms with van der Waals surface area (Å²) in [4.78, 5) is 4.56. The zero-order chi connectivity index (χ0) is 12.7. The predicted molar refractivity (Wildman–Crippen MR) is 72.3 cm³/mol. The molecular formula is C14H14N4. The summed E-state index contributed by atoms with van der Waals surface area (Å²) in [5, 5.41) is 4.47. The summed E-state index contributed by atoms with van der Waals surface area (Å²) in [6, 6.07) is 10.1. The fourth-order valence-corrected chi connectivity index (χ4v) is 2.08. The largest absolute Gasteiger partial charge is 0.397 e. The molecule has 0 fully saturated rings. The van der Waals surface area contributed by atoms with Gasteiger partial charge >= 0.3 is 0 Å². The van der Waals surface area contributed by atoms with Crippen LogP contribution in [-0.2, 0) is 0 Å². The third kappa shape index (κ3) is 1.72. The summed E-state index contributed by atoms with van der Waals surface area (Å²) >= 11 is 0. The number of nitrogen functional groups attached to an aromatic ring is 1. The first-order valence-electron chi connectivity index (χ1n) is 5.83. The van der Waals surface area contributed by atoms with Crippen molar-refractivity contribution in [1.82, 2.24) is 14.6 Å². The van der Waals surface area contributed by atoms with Gasteiger partial charge in [-0.25, -0.2) is 9.50 Å². The average Bonchev–Trinajstić information content (AvgIpc) is 2.73. The zero-order valence-corrected chi connectivity index (χ0v) is 10.4. The first-order chi connectivity index (χ1) is 8.63. The number of anilines is 1. The molecule has 0 aliphatic carbocycles. The summed E-state index contributed by atoms with van der Waals surface area (Å²) < 4.78 is 1.74. The standard InChI is InChI=1S/C14H14N4/c1-9-4-3-5-11(6-9)13-16-14-10(2)7-12(15)8-18(14)17-13/h3-8H,15H2,1-2H3. The van der Waals surface area contributed by atoms with Crippen molar-refractivity contribution in [3.63, 3.8) is 0 Å². The molecule has 0 radical (unpaired) electrons. The highest BCUT2D eigenvalue weighted by molar-refractivity contribution is 5.62. The molecular weight excluding hydrogens is 224 g/mol. The van der Waals surface area contributed by atoms with Crippen LogP contribution in [0.3, 0.4) is 0 Å². The van der Waals surface area contributed by atoms with Crippen molar-refractivity contribution >= 4 is 11.3 Å². The third-order valence-corrected chi connectivity index (χ3v) is 2.91. The summed E-state index contributed by atoms with van der Waals surface area (Å²) in [6.07, 6.45) is 1.79. The van der Waals surface area contributed by atoms with Gasteiger partial charge in [0.15, 0.2) is 11.5 Å². The lowest BCUT2D eigenvalue weighted by Crippen LogP contribution is -1.94. The molecule has 0 amide bonds. The summed E-state index contributed by atoms with van der Waals surface area (Å²) in [5.74, 6) is 0.729. The molecule has 18 heavy (non-hydrogen) atoms. The van der Waals surface area contributed by atoms with Gasteiger partial charge in [-0.2, -0.15) is 0 Å². The van der Waals surface area contributed by atoms with E-state index in [9.17, 15) is 0 Å². The minimum Gasteiger partial charge on any atom is -0.397 e. The summed E-state index contributed by atoms with van der Waals surface area (Å²) in [5.41, 5.74) is 10.6. The second-order valence-electron chi connectivity index (χ2n) is 4.53. The van der Waals surface area contributed by atoms with Crippen molar-refractivity contribution in [3.05, 3.63) is 47.7 Å². The van der Waals surface area contributed by atoms with E-state index in [1.807, 2.05) is 25.1 Å². The second kappa shape index (κ2) is 3.84. The van der Waals surface area contributed by atoms with Gasteiger partial charge in [0.2, 0.25) is 0 Å². The maximum absolute atomic E-state index is 5.81. The number of hydrogen-bond donors (Lipinski definition) is 1. The topological polar surface area (TPSA) is 56.2 Å². The first-order valence-corrected chi connectivity index (χ1v) is 5.83. The lowest BCUT2D eigenvalue weighted by atomic mass is 10.1. The molecule has 0 saturated heterocycles. The number of nitrogens with zero attached hydrogens (tertiary/aromatic N) is 3. The Morgan fingerprint density at radius 3 is 2.78 bits per heavy atom. The molecule has 2 N–H and O–H groups in total. The van der Waals surface area contributed by atoms with Crippen molar-refractivity contribution in [2.45, 2.75) is 13.8 Å². The second-order valence-corrected chi connectivity index (χ2v) is 4.53. The van der Waals surface area contributed by atoms with E-state index in [4.69, 9.17) is 5.73 Å². The highest BCUT2D eigenvalue weighted by atomic mass is 15.3. The molecule has 4 nitrogen and oxygen atoms in total. The molecule has 1 aromatic carbocycles. The maximum atomic E-state index is 5.81. The van der Waals surface area contributed by atoms with Gasteiger partial charge in [0.1, 0.15) is 0 Å². The SMILES string of the molecule is Cc1cccc(-c2nc3c(C)cc(N)cn3n2)c1. The van der Waals surface area contributed by atoms with Gasteiger partial charge in [-0.3, -0.25) is 0 Å². The van der Waals surface area contributed by atoms with Crippen LogP contribution in [0.5, 0.6) is 0 Å². The Kier molecular flexibility index (Phi) is 2.30. The number of pyridine rings is 1. The van der Waals surface area contributed by atoms with E-state index in [1.54, 1.807) is 10.7 Å². The van der Waals surface area contributed by atoms with E-state index < -0.39 is 0 Å². The molecule has 3 aromatic rings. The lowest BCUT2D eigenvalue weighted by Gasteiger charge is -1.97. The Bertz CT molecular complexity index is 728. The van der Waals surface area contributed by atoms with Gasteiger partial charge in [0, 0.05) is 5.56 Å². The van der Waals surface area contributed by atoms with Gasteiger partial charge in [0.05, 0.1) is 11.9 Å². The number of hydrogen-bond acceptors (Lipinski definition) is 3. The number of nitrogens with two attached hydrogens (primary N) is 1. The number of aromatic nitrogens is 3. The molecule has 0 unspecified atom stereocenters. The number of fused-ring (bicyclic) bond motifs is 1. The van der Waals surface area contributed by atoms with Crippen LogP contribution in [-0.4, -0.2) is 14.6 Å². The normalized spacial score (nSPS) is 11.0. The molecule has 2 heterocycles. The zero-order valence-electron chi connectivity index (χ0n) is 10.4. The Morgan fingerprint density at radius 2 is 2.00 bits per heavy atom. The predicted octanol–water partition coefficient (Wildman–Crippen LogP) is 2.60. The molecule has 90 valence electrons. The van der Waals surface area contributed by atoms with E-state index in [-0.39, 0.29) is 0 Å². The van der Waals surface area contributed by atoms with Crippen molar-refractivity contribution < 1.29 is 0 Å². The lowest BCUT2D eigenvalue weighted by molar-refractivity contribution is 0.963. The Labute approximate surface area is 105 Å². The van der Waals surface area contributed by atoms with Crippen LogP contribution < -0.4 is 5.73 Å². The molecule has 0 aliphatic heterocycles. The molecule has 0 spiro atoms. The van der Waals surface area contributed by atoms with Gasteiger partial charge in [-0.15, -0.1) is 5.10 Å². The molecule has 3 rings (SSSR count). The van der Waals surface area contributed by atoms with Crippen LogP contribution in [0.1, 0.15) is 11.1 Å². The van der Waals surface area contributed by atoms with Crippen LogP contribution in [0.4, 0.5) is 5.69 Å². The Balaban J connectivity index is 2.22. The molecule has 0 atom stereocenters. The first kappa shape index (κ1) is 10.8. The van der Waals surface area contributed by atoms with Crippen molar-refractivity contribution in [1.29, 1.82) is 0 Å². The van der Waals surface area contributed by atoms with Crippen LogP contribution in [0.25, 0.3) is 17.0 Å². The van der Waals surface area contributed by atoms with Crippen LogP contribution in [0.15, 0.2) is 36.5 Å². The summed E-state index contributed by atoms with van der Waals surface area (Å²) in [7, 11) is 0. The Hall–Kier alpha value is -2.36. The number of benzene rings is 1. The smallest absolute Gasteiger partial charge is 0.182 e. The van der Waals surface area contributed by atoms with E-state index in [0.29, 0.717) is 5.69 Å². The van der Waals surface area contributed by atoms with E-state index >= 15 is 0 Å². The van der Waals surface area contributed by atoms with Crippen LogP contribution >= 0.6 is 0 Å². The highest BCUT2D eigenvalue weighted by Crippen LogP contribution is 2.20. The van der Waals surface area contributed by atoms with Crippen molar-refractivity contribution in [2.75, 3.05) is 5.73 Å². The third-order valence-electron chi connectivity index (χ3n) is 2.91. The Morgan fingerprint density at radius 1 is 1.17 bits per heavy atom. The average molecular weight is 238 g/mol. The molecule has 0 aliphatic rings. The quantitative estimate of drug-likeness (QED) is 0.709. The number of aryl methyl sites for hydroxylation is 2. The van der Waals surface area contributed by atoms with Crippen molar-refractivity contribution in [3.8, 4) is 11.4 Å². The molecule has 0 bridgehead atoms. The van der Waals surface area contributed by atoms with E-state index in [1.165, 1.54) is 5.56 Å². The minimum absolute atomic E-state index is 0.695. The van der Waals surface area contributed by atoms with Crippen molar-refractivity contribution in [2.24, 2.45) is 0 Å². The number of rotatable bonds is 1. The summed E-state index contributed by atoms with van der Waals surface area (Å²) in [6.45, 7) is 4.04. The molecule has 2 aromatic heterocycles. The van der Waals surface area contributed by atoms with E-state index in [0.717, 1.165) is 22.6 Å². The van der Waals surface area contributed by atoms with Gasteiger partial charge < -0.3 is 5.73 Å². The minimum atomic E-state index is 0.695. The fraction of sp³-hybridized carbons (Fsp3) is 0.143. The molecule has 0 saturated carbocycles. The van der Waals surface area contributed by atoms with E-state index in [2.05, 4.69) is 29.1 Å². The fourth-order valence-electron chi connectivity index (χ4n) is 2.08. The van der Waals surface area contributed by atoms with Crippen LogP contribution in [0, 0.1) is 13.8 Å². The monoisotopic (exact) mass is 238 g/mol. The van der Waals surface area contributed by atoms with Crippen LogP contribution in [0.2, 0.25) is 0 Å². The highest BCUT2D eigenvalue weighted by Gasteiger charge is 2.08. The maximum Gasteiger partial charge on any atom is 0.182 e.